The third-order valence-electron chi connectivity index (χ3n) is 2.72. The highest BCUT2D eigenvalue weighted by atomic mass is 35.5. The Balaban J connectivity index is 2.44. The minimum Gasteiger partial charge on any atom is -0.307 e. The molecule has 92 valence electrons. The van der Waals surface area contributed by atoms with Crippen molar-refractivity contribution in [2.24, 2.45) is 7.05 Å². The van der Waals surface area contributed by atoms with E-state index in [-0.39, 0.29) is 6.04 Å². The molecule has 2 rings (SSSR count). The first-order valence-corrected chi connectivity index (χ1v) is 5.93. The second-order valence-corrected chi connectivity index (χ2v) is 4.24. The number of hydrogen-bond acceptors (Lipinski definition) is 3. The van der Waals surface area contributed by atoms with Crippen molar-refractivity contribution in [3.8, 4) is 0 Å². The summed E-state index contributed by atoms with van der Waals surface area (Å²) in [6.07, 6.45) is 3.59. The second-order valence-electron chi connectivity index (χ2n) is 3.83. The average Bonchev–Trinajstić information content (AvgIpc) is 2.89. The smallest absolute Gasteiger partial charge is 0.0953 e. The number of hydrogen-bond donors (Lipinski definition) is 1. The Bertz CT molecular complexity index is 502. The molecule has 6 heteroatoms. The van der Waals surface area contributed by atoms with Gasteiger partial charge in [0.05, 0.1) is 28.6 Å². The van der Waals surface area contributed by atoms with Gasteiger partial charge in [-0.25, -0.2) is 0 Å². The number of nitrogens with zero attached hydrogens (tertiary/aromatic N) is 4. The van der Waals surface area contributed by atoms with Crippen molar-refractivity contribution in [3.63, 3.8) is 0 Å². The first-order valence-electron chi connectivity index (χ1n) is 5.55. The van der Waals surface area contributed by atoms with Gasteiger partial charge < -0.3 is 5.32 Å². The van der Waals surface area contributed by atoms with E-state index in [0.717, 1.165) is 17.9 Å². The third-order valence-corrected chi connectivity index (χ3v) is 3.02. The van der Waals surface area contributed by atoms with Crippen molar-refractivity contribution in [1.29, 1.82) is 0 Å². The van der Waals surface area contributed by atoms with Crippen LogP contribution in [0.3, 0.4) is 0 Å². The topological polar surface area (TPSA) is 47.7 Å². The summed E-state index contributed by atoms with van der Waals surface area (Å²) in [6.45, 7) is 2.82. The summed E-state index contributed by atoms with van der Waals surface area (Å²) in [5.41, 5.74) is 1.89. The van der Waals surface area contributed by atoms with Crippen molar-refractivity contribution in [2.75, 3.05) is 7.05 Å². The lowest BCUT2D eigenvalue weighted by atomic mass is 10.1. The molecular weight excluding hydrogens is 238 g/mol. The van der Waals surface area contributed by atoms with Gasteiger partial charge in [-0.05, 0) is 20.0 Å². The lowest BCUT2D eigenvalue weighted by Gasteiger charge is -2.16. The highest BCUT2D eigenvalue weighted by Gasteiger charge is 2.22. The van der Waals surface area contributed by atoms with Gasteiger partial charge in [-0.3, -0.25) is 9.36 Å². The quantitative estimate of drug-likeness (QED) is 0.900. The zero-order valence-electron chi connectivity index (χ0n) is 10.2. The Morgan fingerprint density at radius 2 is 2.29 bits per heavy atom. The van der Waals surface area contributed by atoms with Gasteiger partial charge in [-0.15, -0.1) is 0 Å². The Kier molecular flexibility index (Phi) is 3.49. The van der Waals surface area contributed by atoms with E-state index in [1.54, 1.807) is 10.9 Å². The summed E-state index contributed by atoms with van der Waals surface area (Å²) in [6, 6.07) is 1.94. The van der Waals surface area contributed by atoms with Gasteiger partial charge in [0.25, 0.3) is 0 Å². The molecular formula is C11H16ClN5. The fraction of sp³-hybridized carbons (Fsp3) is 0.455. The van der Waals surface area contributed by atoms with Crippen LogP contribution in [-0.2, 0) is 13.6 Å². The Hall–Kier alpha value is -1.33. The fourth-order valence-corrected chi connectivity index (χ4v) is 2.17. The van der Waals surface area contributed by atoms with Crippen LogP contribution in [0.2, 0.25) is 5.02 Å². The van der Waals surface area contributed by atoms with Crippen molar-refractivity contribution >= 4 is 11.6 Å². The molecule has 0 radical (unpaired) electrons. The molecule has 0 fully saturated rings. The van der Waals surface area contributed by atoms with Crippen molar-refractivity contribution in [3.05, 3.63) is 34.9 Å². The lowest BCUT2D eigenvalue weighted by Crippen LogP contribution is -2.22. The summed E-state index contributed by atoms with van der Waals surface area (Å²) >= 11 is 6.20. The molecule has 0 aliphatic carbocycles. The van der Waals surface area contributed by atoms with Gasteiger partial charge in [0.1, 0.15) is 0 Å². The number of halogens is 1. The standard InChI is InChI=1S/C11H16ClN5/c1-4-17-11(8(12)7-14-17)10(13-2)9-5-6-16(3)15-9/h5-7,10,13H,4H2,1-3H3. The summed E-state index contributed by atoms with van der Waals surface area (Å²) < 4.78 is 3.67. The maximum Gasteiger partial charge on any atom is 0.0953 e. The van der Waals surface area contributed by atoms with E-state index in [2.05, 4.69) is 15.5 Å². The van der Waals surface area contributed by atoms with Crippen LogP contribution >= 0.6 is 11.6 Å². The summed E-state index contributed by atoms with van der Waals surface area (Å²) in [4.78, 5) is 0. The first kappa shape index (κ1) is 12.1. The lowest BCUT2D eigenvalue weighted by molar-refractivity contribution is 0.550. The van der Waals surface area contributed by atoms with Crippen LogP contribution in [0.4, 0.5) is 0 Å². The summed E-state index contributed by atoms with van der Waals surface area (Å²) in [7, 11) is 3.79. The molecule has 0 amide bonds. The molecule has 0 aliphatic heterocycles. The maximum absolute atomic E-state index is 6.20. The first-order chi connectivity index (χ1) is 8.17. The molecule has 0 saturated heterocycles. The highest BCUT2D eigenvalue weighted by Crippen LogP contribution is 2.26. The zero-order chi connectivity index (χ0) is 12.4. The molecule has 2 heterocycles. The average molecular weight is 254 g/mol. The van der Waals surface area contributed by atoms with Crippen molar-refractivity contribution in [1.82, 2.24) is 24.9 Å². The van der Waals surface area contributed by atoms with Gasteiger partial charge in [0, 0.05) is 19.8 Å². The van der Waals surface area contributed by atoms with Crippen LogP contribution < -0.4 is 5.32 Å². The molecule has 5 nitrogen and oxygen atoms in total. The second kappa shape index (κ2) is 4.89. The predicted molar refractivity (Wildman–Crippen MR) is 67.0 cm³/mol. The highest BCUT2D eigenvalue weighted by molar-refractivity contribution is 6.31. The minimum atomic E-state index is -0.0360. The van der Waals surface area contributed by atoms with E-state index in [1.807, 2.05) is 38.0 Å². The molecule has 1 atom stereocenters. The summed E-state index contributed by atoms with van der Waals surface area (Å²) in [5, 5.41) is 12.5. The number of aromatic nitrogens is 4. The molecule has 0 bridgehead atoms. The van der Waals surface area contributed by atoms with E-state index < -0.39 is 0 Å². The Morgan fingerprint density at radius 1 is 1.53 bits per heavy atom. The monoisotopic (exact) mass is 253 g/mol. The Morgan fingerprint density at radius 3 is 2.82 bits per heavy atom. The maximum atomic E-state index is 6.20. The molecule has 1 unspecified atom stereocenters. The van der Waals surface area contributed by atoms with E-state index >= 15 is 0 Å². The van der Waals surface area contributed by atoms with E-state index in [1.165, 1.54) is 0 Å². The van der Waals surface area contributed by atoms with E-state index in [9.17, 15) is 0 Å². The molecule has 0 saturated carbocycles. The normalized spacial score (nSPS) is 12.9. The summed E-state index contributed by atoms with van der Waals surface area (Å²) in [5.74, 6) is 0. The molecule has 17 heavy (non-hydrogen) atoms. The molecule has 0 aromatic carbocycles. The van der Waals surface area contributed by atoms with Gasteiger partial charge in [0.15, 0.2) is 0 Å². The van der Waals surface area contributed by atoms with E-state index in [4.69, 9.17) is 11.6 Å². The van der Waals surface area contributed by atoms with Crippen LogP contribution in [0.15, 0.2) is 18.5 Å². The van der Waals surface area contributed by atoms with Gasteiger partial charge in [0.2, 0.25) is 0 Å². The third kappa shape index (κ3) is 2.21. The van der Waals surface area contributed by atoms with Crippen LogP contribution in [0, 0.1) is 0 Å². The van der Waals surface area contributed by atoms with Gasteiger partial charge >= 0.3 is 0 Å². The fourth-order valence-electron chi connectivity index (χ4n) is 1.92. The molecule has 2 aromatic heterocycles. The number of rotatable bonds is 4. The molecule has 1 N–H and O–H groups in total. The van der Waals surface area contributed by atoms with Crippen molar-refractivity contribution < 1.29 is 0 Å². The van der Waals surface area contributed by atoms with Crippen LogP contribution in [0.1, 0.15) is 24.4 Å². The SMILES string of the molecule is CCn1ncc(Cl)c1C(NC)c1ccn(C)n1. The molecule has 0 spiro atoms. The zero-order valence-corrected chi connectivity index (χ0v) is 10.9. The van der Waals surface area contributed by atoms with Crippen LogP contribution in [-0.4, -0.2) is 26.6 Å². The predicted octanol–water partition coefficient (Wildman–Crippen LogP) is 1.60. The largest absolute Gasteiger partial charge is 0.307 e. The number of aryl methyl sites for hydroxylation is 2. The van der Waals surface area contributed by atoms with Crippen LogP contribution in [0.25, 0.3) is 0 Å². The molecule has 0 aliphatic rings. The number of nitrogens with one attached hydrogen (secondary N) is 1. The van der Waals surface area contributed by atoms with E-state index in [0.29, 0.717) is 5.02 Å². The van der Waals surface area contributed by atoms with Gasteiger partial charge in [-0.1, -0.05) is 11.6 Å². The van der Waals surface area contributed by atoms with Gasteiger partial charge in [-0.2, -0.15) is 10.2 Å². The Labute approximate surface area is 105 Å². The van der Waals surface area contributed by atoms with Crippen molar-refractivity contribution in [2.45, 2.75) is 19.5 Å². The minimum absolute atomic E-state index is 0.0360. The van der Waals surface area contributed by atoms with Crippen LogP contribution in [0.5, 0.6) is 0 Å². The molecule has 2 aromatic rings.